The summed E-state index contributed by atoms with van der Waals surface area (Å²) in [5, 5.41) is 54.2. The zero-order valence-corrected chi connectivity index (χ0v) is 31.4. The number of fused-ring (bicyclic) bond motifs is 6. The highest BCUT2D eigenvalue weighted by molar-refractivity contribution is 6.72. The average Bonchev–Trinajstić information content (AvgIpc) is 3.65. The molecule has 18 nitrogen and oxygen atoms in total. The van der Waals surface area contributed by atoms with Gasteiger partial charge in [-0.15, -0.1) is 0 Å². The smallest absolute Gasteiger partial charge is 0.302 e. The third-order valence-corrected chi connectivity index (χ3v) is 11.0. The predicted molar refractivity (Wildman–Crippen MR) is 207 cm³/mol. The van der Waals surface area contributed by atoms with Crippen LogP contribution in [0.15, 0.2) is 69.6 Å². The molecule has 8 atom stereocenters. The molecule has 0 spiro atoms. The number of aliphatic imine (C=N–C) groups is 3. The molecule has 4 heterocycles. The molecule has 8 rings (SSSR count). The number of hydrogen-bond donors (Lipinski definition) is 6. The number of carbonyl (C=O) groups excluding carboxylic acids is 4. The number of nitrogens with two attached hydrogens (primary N) is 1. The Balaban J connectivity index is 1.42. The minimum atomic E-state index is -1.86. The standard InChI is InChI=1S/C41H41N5O13/c42-41-44-38-30(39(55)45-41)43-18-46(38)26-10-4-3-9-23(26)28-19(6-5-12-47)15-56-17-27-33(52)34(53)35(54)40(58-27)59-36-25(28)14-24-29(37(36)57-16-20(49)11-13-48)32(51)22-8-2-1-7-21(22)31(24)50/h1-4,7-10,13-14,19-20,27-28,33-35,40,47,49,52-54H,5-6,11-12,15-18H2,(H2,42,45,55)/t19-,20+,27-,28-,33-,34+,35-,40+/m0/s1. The predicted octanol–water partition coefficient (Wildman–Crippen LogP) is -0.000200. The normalized spacial score (nSPS) is 26.8. The minimum Gasteiger partial charge on any atom is -0.486 e. The molecule has 2 bridgehead atoms. The van der Waals surface area contributed by atoms with Crippen molar-refractivity contribution in [2.24, 2.45) is 26.6 Å². The van der Waals surface area contributed by atoms with Crippen LogP contribution in [0.3, 0.4) is 0 Å². The van der Waals surface area contributed by atoms with E-state index < -0.39 is 72.7 Å². The van der Waals surface area contributed by atoms with Crippen molar-refractivity contribution >= 4 is 47.0 Å². The summed E-state index contributed by atoms with van der Waals surface area (Å²) in [5.74, 6) is -3.97. The highest BCUT2D eigenvalue weighted by Crippen LogP contribution is 2.51. The third-order valence-electron chi connectivity index (χ3n) is 11.0. The number of aliphatic hydroxyl groups is 5. The molecule has 59 heavy (non-hydrogen) atoms. The van der Waals surface area contributed by atoms with Gasteiger partial charge in [-0.05, 0) is 36.5 Å². The van der Waals surface area contributed by atoms with Crippen molar-refractivity contribution in [1.82, 2.24) is 0 Å². The fourth-order valence-corrected chi connectivity index (χ4v) is 8.21. The van der Waals surface area contributed by atoms with Gasteiger partial charge in [0.05, 0.1) is 24.9 Å². The lowest BCUT2D eigenvalue weighted by Gasteiger charge is -2.40. The molecule has 1 fully saturated rings. The molecule has 3 aromatic rings. The first-order chi connectivity index (χ1) is 28.5. The number of aliphatic hydroxyl groups excluding tert-OH is 5. The Kier molecular flexibility index (Phi) is 11.2. The van der Waals surface area contributed by atoms with Gasteiger partial charge in [0, 0.05) is 46.9 Å². The minimum absolute atomic E-state index is 0.00252. The second-order valence-corrected chi connectivity index (χ2v) is 14.7. The largest absolute Gasteiger partial charge is 0.486 e. The Morgan fingerprint density at radius 3 is 2.44 bits per heavy atom. The van der Waals surface area contributed by atoms with E-state index in [-0.39, 0.29) is 96.2 Å². The zero-order valence-electron chi connectivity index (χ0n) is 31.4. The lowest BCUT2D eigenvalue weighted by atomic mass is 9.74. The van der Waals surface area contributed by atoms with E-state index in [4.69, 9.17) is 24.7 Å². The maximum Gasteiger partial charge on any atom is 0.302 e. The molecule has 1 amide bonds. The number of ketones is 2. The molecule has 0 saturated carbocycles. The van der Waals surface area contributed by atoms with E-state index in [1.807, 2.05) is 0 Å². The van der Waals surface area contributed by atoms with Gasteiger partial charge >= 0.3 is 5.91 Å². The van der Waals surface area contributed by atoms with Gasteiger partial charge in [0.1, 0.15) is 44.0 Å². The molecule has 7 N–H and O–H groups in total. The topological polar surface area (TPSA) is 273 Å². The highest BCUT2D eigenvalue weighted by atomic mass is 16.7. The summed E-state index contributed by atoms with van der Waals surface area (Å²) in [6.45, 7) is -1.14. The van der Waals surface area contributed by atoms with E-state index in [0.717, 1.165) is 0 Å². The number of amides is 1. The Hall–Kier alpha value is -5.73. The van der Waals surface area contributed by atoms with Gasteiger partial charge in [0.2, 0.25) is 12.2 Å². The lowest BCUT2D eigenvalue weighted by molar-refractivity contribution is -0.280. The van der Waals surface area contributed by atoms with Crippen LogP contribution in [0.2, 0.25) is 0 Å². The van der Waals surface area contributed by atoms with Gasteiger partial charge in [-0.25, -0.2) is 0 Å². The van der Waals surface area contributed by atoms with E-state index in [0.29, 0.717) is 24.0 Å². The quantitative estimate of drug-likeness (QED) is 0.115. The highest BCUT2D eigenvalue weighted by Gasteiger charge is 2.48. The molecule has 18 heteroatoms. The van der Waals surface area contributed by atoms with Crippen molar-refractivity contribution in [2.75, 3.05) is 38.0 Å². The summed E-state index contributed by atoms with van der Waals surface area (Å²) < 4.78 is 25.1. The van der Waals surface area contributed by atoms with Gasteiger partial charge in [0.25, 0.3) is 0 Å². The number of rotatable bonds is 10. The second-order valence-electron chi connectivity index (χ2n) is 14.7. The molecule has 0 aromatic heterocycles. The van der Waals surface area contributed by atoms with Gasteiger partial charge in [-0.3, -0.25) is 19.4 Å². The Labute approximate surface area is 336 Å². The van der Waals surface area contributed by atoms with Crippen LogP contribution in [0, 0.1) is 5.92 Å². The summed E-state index contributed by atoms with van der Waals surface area (Å²) in [5.41, 5.74) is 7.07. The molecule has 0 radical (unpaired) electrons. The van der Waals surface area contributed by atoms with E-state index in [9.17, 15) is 44.7 Å². The van der Waals surface area contributed by atoms with Crippen LogP contribution in [0.5, 0.6) is 11.5 Å². The van der Waals surface area contributed by atoms with Crippen molar-refractivity contribution in [1.29, 1.82) is 0 Å². The number of carbonyl (C=O) groups is 4. The van der Waals surface area contributed by atoms with Gasteiger partial charge in [-0.2, -0.15) is 9.98 Å². The van der Waals surface area contributed by atoms with Gasteiger partial charge in [0.15, 0.2) is 34.6 Å². The molecular weight excluding hydrogens is 770 g/mol. The first kappa shape index (κ1) is 40.1. The fourth-order valence-electron chi connectivity index (χ4n) is 8.21. The number of ether oxygens (including phenoxy) is 4. The van der Waals surface area contributed by atoms with Crippen molar-refractivity contribution in [3.8, 4) is 11.5 Å². The number of para-hydroxylation sites is 1. The average molecular weight is 812 g/mol. The van der Waals surface area contributed by atoms with Crippen LogP contribution < -0.4 is 20.1 Å². The van der Waals surface area contributed by atoms with Crippen molar-refractivity contribution < 1.29 is 63.7 Å². The van der Waals surface area contributed by atoms with E-state index in [1.54, 1.807) is 41.3 Å². The summed E-state index contributed by atoms with van der Waals surface area (Å²) in [7, 11) is 0. The maximum atomic E-state index is 14.5. The zero-order chi connectivity index (χ0) is 41.5. The summed E-state index contributed by atoms with van der Waals surface area (Å²) >= 11 is 0. The Morgan fingerprint density at radius 2 is 1.68 bits per heavy atom. The van der Waals surface area contributed by atoms with Gasteiger partial charge in [-0.1, -0.05) is 42.5 Å². The number of anilines is 1. The SMILES string of the molecule is NC1=NC(=O)C2=NCN(c3ccccc3[C@H]3c4cc5c(c(OC[C@H](O)CC=O)c4O[C@H]4O[C@@H](COC[C@@H]3CCCO)[C@H](O)[C@@H](O)[C@@H]4O)C(=O)c3ccccc3C5=O)C2=N1. The summed E-state index contributed by atoms with van der Waals surface area (Å²) in [4.78, 5) is 67.5. The van der Waals surface area contributed by atoms with Crippen LogP contribution in [-0.4, -0.2) is 137 Å². The van der Waals surface area contributed by atoms with Crippen LogP contribution in [0.25, 0.3) is 0 Å². The number of nitrogens with zero attached hydrogens (tertiary/aromatic N) is 4. The molecule has 1 saturated heterocycles. The molecule has 308 valence electrons. The van der Waals surface area contributed by atoms with Crippen molar-refractivity contribution in [3.63, 3.8) is 0 Å². The second kappa shape index (κ2) is 16.5. The number of hydrogen-bond acceptors (Lipinski definition) is 17. The van der Waals surface area contributed by atoms with Crippen LogP contribution in [0.4, 0.5) is 5.69 Å². The van der Waals surface area contributed by atoms with E-state index >= 15 is 0 Å². The fraction of sp³-hybridized carbons (Fsp3) is 0.390. The van der Waals surface area contributed by atoms with Gasteiger partial charge < -0.3 is 59.9 Å². The van der Waals surface area contributed by atoms with Crippen molar-refractivity contribution in [2.45, 2.75) is 62.0 Å². The molecule has 0 unspecified atom stereocenters. The summed E-state index contributed by atoms with van der Waals surface area (Å²) in [6, 6.07) is 14.8. The monoisotopic (exact) mass is 811 g/mol. The molecule has 3 aromatic carbocycles. The first-order valence-corrected chi connectivity index (χ1v) is 19.1. The molecule has 4 aliphatic heterocycles. The number of amidine groups is 1. The van der Waals surface area contributed by atoms with Crippen LogP contribution >= 0.6 is 0 Å². The van der Waals surface area contributed by atoms with Crippen LogP contribution in [0.1, 0.15) is 68.2 Å². The molecule has 5 aliphatic rings. The van der Waals surface area contributed by atoms with Crippen molar-refractivity contribution in [3.05, 3.63) is 88.0 Å². The number of aldehydes is 1. The maximum absolute atomic E-state index is 14.5. The van der Waals surface area contributed by atoms with E-state index in [2.05, 4.69) is 15.0 Å². The number of guanidine groups is 1. The first-order valence-electron chi connectivity index (χ1n) is 19.1. The Bertz CT molecular complexity index is 2290. The Morgan fingerprint density at radius 1 is 0.932 bits per heavy atom. The van der Waals surface area contributed by atoms with E-state index in [1.165, 1.54) is 18.2 Å². The van der Waals surface area contributed by atoms with Crippen LogP contribution in [-0.2, 0) is 19.1 Å². The molecule has 1 aliphatic carbocycles. The lowest BCUT2D eigenvalue weighted by Crippen LogP contribution is -2.60. The summed E-state index contributed by atoms with van der Waals surface area (Å²) in [6.07, 6.45) is -8.81. The third kappa shape index (κ3) is 7.22. The molecular formula is C41H41N5O13. The number of benzene rings is 3.